The lowest BCUT2D eigenvalue weighted by Crippen LogP contribution is -2.40. The van der Waals surface area contributed by atoms with Crippen LogP contribution in [0.3, 0.4) is 0 Å². The Kier molecular flexibility index (Phi) is 5.38. The summed E-state index contributed by atoms with van der Waals surface area (Å²) in [5.41, 5.74) is 2.54. The molecule has 1 aromatic carbocycles. The first-order valence-electron chi connectivity index (χ1n) is 8.86. The third-order valence-electron chi connectivity index (χ3n) is 4.98. The second kappa shape index (κ2) is 7.70. The minimum atomic E-state index is -0.299. The van der Waals surface area contributed by atoms with E-state index in [0.29, 0.717) is 12.2 Å². The molecule has 0 radical (unpaired) electrons. The lowest BCUT2D eigenvalue weighted by atomic mass is 9.86. The zero-order chi connectivity index (χ0) is 17.8. The summed E-state index contributed by atoms with van der Waals surface area (Å²) in [5, 5.41) is 17.4. The van der Waals surface area contributed by atoms with E-state index in [1.807, 2.05) is 37.3 Å². The molecule has 0 spiro atoms. The summed E-state index contributed by atoms with van der Waals surface area (Å²) in [6.45, 7) is 2.50. The maximum Gasteiger partial charge on any atom is 0.321 e. The average molecular weight is 342 g/mol. The van der Waals surface area contributed by atoms with Crippen LogP contribution in [-0.2, 0) is 0 Å². The zero-order valence-corrected chi connectivity index (χ0v) is 14.9. The van der Waals surface area contributed by atoms with E-state index in [0.717, 1.165) is 37.1 Å². The van der Waals surface area contributed by atoms with E-state index in [4.69, 9.17) is 0 Å². The fraction of sp³-hybridized carbons (Fsp3) is 0.474. The SMILES string of the molecule is Cc1c(NC(=O)N(C)CC2CCCCC2O)cnn1-c1ccccc1. The highest BCUT2D eigenvalue weighted by Gasteiger charge is 2.26. The van der Waals surface area contributed by atoms with Gasteiger partial charge in [-0.1, -0.05) is 31.0 Å². The molecule has 1 saturated carbocycles. The molecular formula is C19H26N4O2. The monoisotopic (exact) mass is 342 g/mol. The first kappa shape index (κ1) is 17.5. The van der Waals surface area contributed by atoms with Crippen LogP contribution in [0.5, 0.6) is 0 Å². The number of amides is 2. The van der Waals surface area contributed by atoms with Gasteiger partial charge in [-0.15, -0.1) is 0 Å². The van der Waals surface area contributed by atoms with Gasteiger partial charge in [-0.2, -0.15) is 5.10 Å². The lowest BCUT2D eigenvalue weighted by Gasteiger charge is -2.31. The fourth-order valence-corrected chi connectivity index (χ4v) is 3.41. The van der Waals surface area contributed by atoms with Crippen LogP contribution in [0.25, 0.3) is 5.69 Å². The highest BCUT2D eigenvalue weighted by Crippen LogP contribution is 2.25. The molecule has 134 valence electrons. The van der Waals surface area contributed by atoms with Crippen LogP contribution in [0.15, 0.2) is 36.5 Å². The predicted octanol–water partition coefficient (Wildman–Crippen LogP) is 3.20. The van der Waals surface area contributed by atoms with Crippen molar-refractivity contribution < 1.29 is 9.90 Å². The average Bonchev–Trinajstić information content (AvgIpc) is 2.98. The summed E-state index contributed by atoms with van der Waals surface area (Å²) < 4.78 is 1.81. The molecule has 2 unspecified atom stereocenters. The second-order valence-electron chi connectivity index (χ2n) is 6.81. The third-order valence-corrected chi connectivity index (χ3v) is 4.98. The maximum absolute atomic E-state index is 12.5. The smallest absolute Gasteiger partial charge is 0.321 e. The number of hydrogen-bond acceptors (Lipinski definition) is 3. The van der Waals surface area contributed by atoms with E-state index in [9.17, 15) is 9.90 Å². The first-order valence-corrected chi connectivity index (χ1v) is 8.86. The van der Waals surface area contributed by atoms with Crippen LogP contribution < -0.4 is 5.32 Å². The van der Waals surface area contributed by atoms with Gasteiger partial charge in [0.2, 0.25) is 0 Å². The number of aromatic nitrogens is 2. The number of rotatable bonds is 4. The molecule has 2 aromatic rings. The van der Waals surface area contributed by atoms with E-state index in [2.05, 4.69) is 10.4 Å². The van der Waals surface area contributed by atoms with Gasteiger partial charge >= 0.3 is 6.03 Å². The summed E-state index contributed by atoms with van der Waals surface area (Å²) in [5.74, 6) is 0.164. The molecule has 1 aliphatic carbocycles. The van der Waals surface area contributed by atoms with Crippen molar-refractivity contribution in [3.63, 3.8) is 0 Å². The van der Waals surface area contributed by atoms with Gasteiger partial charge in [0.1, 0.15) is 0 Å². The number of nitrogens with one attached hydrogen (secondary N) is 1. The molecule has 1 aromatic heterocycles. The van der Waals surface area contributed by atoms with Crippen molar-refractivity contribution in [2.45, 2.75) is 38.7 Å². The van der Waals surface area contributed by atoms with Gasteiger partial charge in [-0.05, 0) is 31.9 Å². The Morgan fingerprint density at radius 2 is 2.04 bits per heavy atom. The van der Waals surface area contributed by atoms with Crippen LogP contribution in [0, 0.1) is 12.8 Å². The van der Waals surface area contributed by atoms with Crippen LogP contribution in [-0.4, -0.2) is 45.5 Å². The van der Waals surface area contributed by atoms with Crippen molar-refractivity contribution in [2.24, 2.45) is 5.92 Å². The quantitative estimate of drug-likeness (QED) is 0.896. The molecule has 2 atom stereocenters. The summed E-state index contributed by atoms with van der Waals surface area (Å²) in [6, 6.07) is 9.65. The van der Waals surface area contributed by atoms with Crippen molar-refractivity contribution in [1.82, 2.24) is 14.7 Å². The van der Waals surface area contributed by atoms with Gasteiger partial charge in [-0.25, -0.2) is 9.48 Å². The van der Waals surface area contributed by atoms with Crippen molar-refractivity contribution in [2.75, 3.05) is 18.9 Å². The number of hydrogen-bond donors (Lipinski definition) is 2. The van der Waals surface area contributed by atoms with Crippen molar-refractivity contribution in [3.05, 3.63) is 42.2 Å². The van der Waals surface area contributed by atoms with Gasteiger partial charge in [-0.3, -0.25) is 0 Å². The highest BCUT2D eigenvalue weighted by atomic mass is 16.3. The number of aliphatic hydroxyl groups excluding tert-OH is 1. The Balaban J connectivity index is 1.64. The van der Waals surface area contributed by atoms with Crippen molar-refractivity contribution in [3.8, 4) is 5.69 Å². The lowest BCUT2D eigenvalue weighted by molar-refractivity contribution is 0.0575. The van der Waals surface area contributed by atoms with E-state index in [1.54, 1.807) is 22.8 Å². The summed E-state index contributed by atoms with van der Waals surface area (Å²) in [4.78, 5) is 14.1. The van der Waals surface area contributed by atoms with Crippen LogP contribution in [0.1, 0.15) is 31.4 Å². The van der Waals surface area contributed by atoms with E-state index in [1.165, 1.54) is 0 Å². The van der Waals surface area contributed by atoms with Crippen molar-refractivity contribution >= 4 is 11.7 Å². The van der Waals surface area contributed by atoms with Gasteiger partial charge in [0.25, 0.3) is 0 Å². The van der Waals surface area contributed by atoms with E-state index >= 15 is 0 Å². The molecule has 0 saturated heterocycles. The number of carbonyl (C=O) groups is 1. The molecule has 1 heterocycles. The second-order valence-corrected chi connectivity index (χ2v) is 6.81. The third kappa shape index (κ3) is 4.02. The number of aliphatic hydroxyl groups is 1. The van der Waals surface area contributed by atoms with Gasteiger partial charge < -0.3 is 15.3 Å². The topological polar surface area (TPSA) is 70.4 Å². The number of urea groups is 1. The number of nitrogens with zero attached hydrogens (tertiary/aromatic N) is 3. The minimum Gasteiger partial charge on any atom is -0.393 e. The molecular weight excluding hydrogens is 316 g/mol. The van der Waals surface area contributed by atoms with Gasteiger partial charge in [0, 0.05) is 19.5 Å². The van der Waals surface area contributed by atoms with E-state index < -0.39 is 0 Å². The summed E-state index contributed by atoms with van der Waals surface area (Å²) >= 11 is 0. The Labute approximate surface area is 148 Å². The number of benzene rings is 1. The minimum absolute atomic E-state index is 0.164. The summed E-state index contributed by atoms with van der Waals surface area (Å²) in [7, 11) is 1.77. The van der Waals surface area contributed by atoms with E-state index in [-0.39, 0.29) is 18.1 Å². The number of para-hydroxylation sites is 1. The Morgan fingerprint density at radius 3 is 2.76 bits per heavy atom. The van der Waals surface area contributed by atoms with Crippen LogP contribution in [0.4, 0.5) is 10.5 Å². The molecule has 6 heteroatoms. The molecule has 2 N–H and O–H groups in total. The van der Waals surface area contributed by atoms with Crippen LogP contribution in [0.2, 0.25) is 0 Å². The van der Waals surface area contributed by atoms with Gasteiger partial charge in [0.05, 0.1) is 29.4 Å². The number of carbonyl (C=O) groups excluding carboxylic acids is 1. The summed E-state index contributed by atoms with van der Waals surface area (Å²) in [6.07, 6.45) is 5.38. The largest absolute Gasteiger partial charge is 0.393 e. The normalized spacial score (nSPS) is 20.3. The molecule has 25 heavy (non-hydrogen) atoms. The molecule has 1 fully saturated rings. The molecule has 6 nitrogen and oxygen atoms in total. The molecule has 1 aliphatic rings. The van der Waals surface area contributed by atoms with Crippen LogP contribution >= 0.6 is 0 Å². The fourth-order valence-electron chi connectivity index (χ4n) is 3.41. The Morgan fingerprint density at radius 1 is 1.32 bits per heavy atom. The molecule has 2 amide bonds. The Hall–Kier alpha value is -2.34. The highest BCUT2D eigenvalue weighted by molar-refractivity contribution is 5.89. The molecule has 0 aliphatic heterocycles. The molecule has 0 bridgehead atoms. The standard InChI is InChI=1S/C19H26N4O2/c1-14-17(12-20-23(14)16-9-4-3-5-10-16)21-19(25)22(2)13-15-8-6-7-11-18(15)24/h3-5,9-10,12,15,18,24H,6-8,11,13H2,1-2H3,(H,21,25). The van der Waals surface area contributed by atoms with Gasteiger partial charge in [0.15, 0.2) is 0 Å². The first-order chi connectivity index (χ1) is 12.1. The van der Waals surface area contributed by atoms with Crippen molar-refractivity contribution in [1.29, 1.82) is 0 Å². The zero-order valence-electron chi connectivity index (χ0n) is 14.9. The Bertz CT molecular complexity index is 713. The molecule has 3 rings (SSSR count). The number of anilines is 1. The predicted molar refractivity (Wildman–Crippen MR) is 97.9 cm³/mol. The maximum atomic E-state index is 12.5.